The zero-order valence-corrected chi connectivity index (χ0v) is 13.1. The summed E-state index contributed by atoms with van der Waals surface area (Å²) in [5.41, 5.74) is 1.08. The summed E-state index contributed by atoms with van der Waals surface area (Å²) in [5, 5.41) is 3.01. The Kier molecular flexibility index (Phi) is 5.04. The fourth-order valence-corrected chi connectivity index (χ4v) is 3.45. The Morgan fingerprint density at radius 2 is 1.81 bits per heavy atom. The van der Waals surface area contributed by atoms with Gasteiger partial charge in [-0.05, 0) is 57.8 Å². The molecule has 2 aliphatic rings. The van der Waals surface area contributed by atoms with Crippen LogP contribution in [-0.4, -0.2) is 59.5 Å². The van der Waals surface area contributed by atoms with Gasteiger partial charge >= 0.3 is 0 Å². The summed E-state index contributed by atoms with van der Waals surface area (Å²) in [6, 6.07) is 0. The van der Waals surface area contributed by atoms with Crippen LogP contribution in [0.2, 0.25) is 0 Å². The zero-order chi connectivity index (χ0) is 14.5. The van der Waals surface area contributed by atoms with Crippen molar-refractivity contribution < 1.29 is 0 Å². The van der Waals surface area contributed by atoms with Crippen molar-refractivity contribution in [2.75, 3.05) is 45.1 Å². The molecule has 0 aliphatic carbocycles. The normalized spacial score (nSPS) is 21.8. The fourth-order valence-electron chi connectivity index (χ4n) is 3.45. The molecule has 0 radical (unpaired) electrons. The van der Waals surface area contributed by atoms with Gasteiger partial charge in [-0.3, -0.25) is 9.88 Å². The van der Waals surface area contributed by atoms with Crippen LogP contribution in [-0.2, 0) is 6.54 Å². The number of hydrogen-bond donors (Lipinski definition) is 1. The van der Waals surface area contributed by atoms with Gasteiger partial charge in [0.1, 0.15) is 5.82 Å². The quantitative estimate of drug-likeness (QED) is 0.896. The minimum Gasteiger partial charge on any atom is -0.372 e. The average Bonchev–Trinajstić information content (AvgIpc) is 3.03. The van der Waals surface area contributed by atoms with Gasteiger partial charge in [0.15, 0.2) is 0 Å². The third-order valence-corrected chi connectivity index (χ3v) is 4.77. The van der Waals surface area contributed by atoms with Crippen LogP contribution >= 0.6 is 0 Å². The summed E-state index contributed by atoms with van der Waals surface area (Å²) in [6.07, 6.45) is 9.18. The van der Waals surface area contributed by atoms with Crippen molar-refractivity contribution in [2.45, 2.75) is 32.2 Å². The van der Waals surface area contributed by atoms with Gasteiger partial charge in [0.25, 0.3) is 0 Å². The predicted octanol–water partition coefficient (Wildman–Crippen LogP) is 1.83. The lowest BCUT2D eigenvalue weighted by molar-refractivity contribution is 0.147. The molecule has 3 heterocycles. The van der Waals surface area contributed by atoms with E-state index >= 15 is 0 Å². The number of anilines is 1. The predicted molar refractivity (Wildman–Crippen MR) is 85.3 cm³/mol. The van der Waals surface area contributed by atoms with E-state index in [9.17, 15) is 0 Å². The van der Waals surface area contributed by atoms with E-state index in [1.807, 2.05) is 19.4 Å². The van der Waals surface area contributed by atoms with E-state index < -0.39 is 0 Å². The Morgan fingerprint density at radius 1 is 1.05 bits per heavy atom. The molecule has 1 aromatic heterocycles. The highest BCUT2D eigenvalue weighted by molar-refractivity contribution is 5.29. The number of rotatable bonds is 5. The van der Waals surface area contributed by atoms with Crippen LogP contribution in [0, 0.1) is 5.92 Å². The van der Waals surface area contributed by atoms with Gasteiger partial charge in [-0.25, -0.2) is 4.98 Å². The summed E-state index contributed by atoms with van der Waals surface area (Å²) in [6.45, 7) is 7.32. The SMILES string of the molecule is CNc1cnc(CN2CCC(CN3CCCC3)CC2)cn1. The molecule has 116 valence electrons. The Balaban J connectivity index is 1.42. The van der Waals surface area contributed by atoms with Crippen LogP contribution in [0.25, 0.3) is 0 Å². The summed E-state index contributed by atoms with van der Waals surface area (Å²) in [4.78, 5) is 14.0. The molecule has 2 saturated heterocycles. The lowest BCUT2D eigenvalue weighted by atomic mass is 9.96. The van der Waals surface area contributed by atoms with Crippen LogP contribution < -0.4 is 5.32 Å². The number of piperidine rings is 1. The molecular formula is C16H27N5. The molecule has 3 rings (SSSR count). The van der Waals surface area contributed by atoms with E-state index in [2.05, 4.69) is 25.1 Å². The van der Waals surface area contributed by atoms with Gasteiger partial charge in [-0.1, -0.05) is 0 Å². The fraction of sp³-hybridized carbons (Fsp3) is 0.750. The van der Waals surface area contributed by atoms with Crippen LogP contribution in [0.5, 0.6) is 0 Å². The van der Waals surface area contributed by atoms with Crippen molar-refractivity contribution in [3.63, 3.8) is 0 Å². The highest BCUT2D eigenvalue weighted by atomic mass is 15.2. The standard InChI is InChI=1S/C16H27N5/c1-17-16-11-18-15(10-19-16)13-21-8-4-14(5-9-21)12-20-6-2-3-7-20/h10-11,14H,2-9,12-13H2,1H3,(H,17,19). The molecule has 1 N–H and O–H groups in total. The van der Waals surface area contributed by atoms with E-state index in [1.165, 1.54) is 58.4 Å². The number of aromatic nitrogens is 2. The molecule has 21 heavy (non-hydrogen) atoms. The molecule has 0 saturated carbocycles. The maximum atomic E-state index is 4.47. The smallest absolute Gasteiger partial charge is 0.144 e. The first-order valence-electron chi connectivity index (χ1n) is 8.27. The first-order valence-corrected chi connectivity index (χ1v) is 8.27. The van der Waals surface area contributed by atoms with Gasteiger partial charge in [0, 0.05) is 20.1 Å². The van der Waals surface area contributed by atoms with Crippen molar-refractivity contribution in [3.8, 4) is 0 Å². The van der Waals surface area contributed by atoms with Crippen molar-refractivity contribution in [1.29, 1.82) is 0 Å². The van der Waals surface area contributed by atoms with Gasteiger partial charge < -0.3 is 10.2 Å². The molecule has 2 fully saturated rings. The molecular weight excluding hydrogens is 262 g/mol. The largest absolute Gasteiger partial charge is 0.372 e. The Bertz CT molecular complexity index is 419. The lowest BCUT2D eigenvalue weighted by Gasteiger charge is -2.33. The topological polar surface area (TPSA) is 44.3 Å². The van der Waals surface area contributed by atoms with Gasteiger partial charge in [0.2, 0.25) is 0 Å². The van der Waals surface area contributed by atoms with Crippen LogP contribution in [0.15, 0.2) is 12.4 Å². The molecule has 0 unspecified atom stereocenters. The molecule has 0 amide bonds. The summed E-state index contributed by atoms with van der Waals surface area (Å²) >= 11 is 0. The first-order chi connectivity index (χ1) is 10.3. The molecule has 2 aliphatic heterocycles. The number of nitrogens with zero attached hydrogens (tertiary/aromatic N) is 4. The second kappa shape index (κ2) is 7.18. The second-order valence-corrected chi connectivity index (χ2v) is 6.37. The lowest BCUT2D eigenvalue weighted by Crippen LogP contribution is -2.37. The van der Waals surface area contributed by atoms with Crippen molar-refractivity contribution in [2.24, 2.45) is 5.92 Å². The summed E-state index contributed by atoms with van der Waals surface area (Å²) in [7, 11) is 1.87. The van der Waals surface area contributed by atoms with Crippen molar-refractivity contribution >= 4 is 5.82 Å². The van der Waals surface area contributed by atoms with Crippen LogP contribution in [0.1, 0.15) is 31.4 Å². The van der Waals surface area contributed by atoms with E-state index in [-0.39, 0.29) is 0 Å². The van der Waals surface area contributed by atoms with E-state index in [0.29, 0.717) is 0 Å². The Hall–Kier alpha value is -1.20. The Morgan fingerprint density at radius 3 is 2.43 bits per heavy atom. The summed E-state index contributed by atoms with van der Waals surface area (Å²) in [5.74, 6) is 1.74. The van der Waals surface area contributed by atoms with Crippen molar-refractivity contribution in [1.82, 2.24) is 19.8 Å². The number of nitrogens with one attached hydrogen (secondary N) is 1. The van der Waals surface area contributed by atoms with Gasteiger partial charge in [-0.15, -0.1) is 0 Å². The van der Waals surface area contributed by atoms with Gasteiger partial charge in [0.05, 0.1) is 18.1 Å². The first kappa shape index (κ1) is 14.7. The molecule has 0 atom stereocenters. The minimum atomic E-state index is 0.836. The highest BCUT2D eigenvalue weighted by Crippen LogP contribution is 2.21. The molecule has 1 aromatic rings. The number of likely N-dealkylation sites (tertiary alicyclic amines) is 2. The monoisotopic (exact) mass is 289 g/mol. The summed E-state index contributed by atoms with van der Waals surface area (Å²) < 4.78 is 0. The highest BCUT2D eigenvalue weighted by Gasteiger charge is 2.22. The molecule has 0 spiro atoms. The maximum absolute atomic E-state index is 4.47. The minimum absolute atomic E-state index is 0.836. The van der Waals surface area contributed by atoms with Crippen LogP contribution in [0.4, 0.5) is 5.82 Å². The maximum Gasteiger partial charge on any atom is 0.144 e. The third kappa shape index (κ3) is 4.14. The number of hydrogen-bond acceptors (Lipinski definition) is 5. The molecule has 5 heteroatoms. The zero-order valence-electron chi connectivity index (χ0n) is 13.1. The second-order valence-electron chi connectivity index (χ2n) is 6.37. The third-order valence-electron chi connectivity index (χ3n) is 4.77. The van der Waals surface area contributed by atoms with Crippen LogP contribution in [0.3, 0.4) is 0 Å². The molecule has 0 bridgehead atoms. The van der Waals surface area contributed by atoms with Crippen molar-refractivity contribution in [3.05, 3.63) is 18.1 Å². The molecule has 0 aromatic carbocycles. The van der Waals surface area contributed by atoms with Gasteiger partial charge in [-0.2, -0.15) is 0 Å². The molecule has 5 nitrogen and oxygen atoms in total. The average molecular weight is 289 g/mol. The van der Waals surface area contributed by atoms with E-state index in [0.717, 1.165) is 24.0 Å². The van der Waals surface area contributed by atoms with E-state index in [4.69, 9.17) is 0 Å². The Labute approximate surface area is 127 Å². The van der Waals surface area contributed by atoms with E-state index in [1.54, 1.807) is 0 Å².